The summed E-state index contributed by atoms with van der Waals surface area (Å²) in [5, 5.41) is 17.5. The average molecular weight is 527 g/mol. The molecule has 2 atom stereocenters. The van der Waals surface area contributed by atoms with Crippen LogP contribution in [-0.4, -0.2) is 54.5 Å². The lowest BCUT2D eigenvalue weighted by molar-refractivity contribution is -0.142. The van der Waals surface area contributed by atoms with Crippen molar-refractivity contribution in [2.75, 3.05) is 13.6 Å². The molecule has 0 fully saturated rings. The fraction of sp³-hybridized carbons (Fsp3) is 0.857. The predicted molar refractivity (Wildman–Crippen MR) is 148 cm³/mol. The Kier molecular flexibility index (Phi) is 22.8. The lowest BCUT2D eigenvalue weighted by Crippen LogP contribution is -2.41. The molecule has 37 heavy (non-hydrogen) atoms. The molecule has 0 aliphatic heterocycles. The molecular formula is C28H54N4O5. The number of unbranched alkanes of at least 4 members (excludes halogenated alkanes) is 13. The summed E-state index contributed by atoms with van der Waals surface area (Å²) in [4.78, 5) is 46.8. The zero-order valence-corrected chi connectivity index (χ0v) is 23.5. The van der Waals surface area contributed by atoms with Gasteiger partial charge in [-0.1, -0.05) is 84.0 Å². The fourth-order valence-corrected chi connectivity index (χ4v) is 4.32. The molecule has 0 aromatic carbocycles. The monoisotopic (exact) mass is 526 g/mol. The molecule has 0 bridgehead atoms. The summed E-state index contributed by atoms with van der Waals surface area (Å²) >= 11 is 0. The predicted octanol–water partition coefficient (Wildman–Crippen LogP) is 4.18. The number of carboxylic acids is 1. The maximum Gasteiger partial charge on any atom is 0.326 e. The molecule has 6 N–H and O–H groups in total. The van der Waals surface area contributed by atoms with Crippen molar-refractivity contribution in [1.82, 2.24) is 16.0 Å². The van der Waals surface area contributed by atoms with Crippen LogP contribution in [0.5, 0.6) is 0 Å². The lowest BCUT2D eigenvalue weighted by atomic mass is 10.0. The number of rotatable bonds is 26. The largest absolute Gasteiger partial charge is 0.480 e. The summed E-state index contributed by atoms with van der Waals surface area (Å²) < 4.78 is 0. The molecule has 0 rings (SSSR count). The van der Waals surface area contributed by atoms with E-state index in [1.807, 2.05) is 0 Å². The Labute approximate surface area is 224 Å². The van der Waals surface area contributed by atoms with E-state index in [0.717, 1.165) is 25.7 Å². The normalized spacial score (nSPS) is 12.6. The fourth-order valence-electron chi connectivity index (χ4n) is 4.32. The van der Waals surface area contributed by atoms with Crippen molar-refractivity contribution in [2.45, 2.75) is 141 Å². The van der Waals surface area contributed by atoms with Crippen molar-refractivity contribution in [3.8, 4) is 0 Å². The van der Waals surface area contributed by atoms with Gasteiger partial charge in [-0.2, -0.15) is 0 Å². The summed E-state index contributed by atoms with van der Waals surface area (Å²) in [6, 6.07) is -1.44. The van der Waals surface area contributed by atoms with Crippen molar-refractivity contribution < 1.29 is 24.3 Å². The standard InChI is InChI=1S/C28H54N4O5/c1-3-4-5-6-7-8-9-10-11-12-13-14-15-19-26(34)32-24(28(36)37)20-21-25(33)31-22-17-16-18-23(30-2)27(29)35/h23-24,30H,3-22H2,1-2H3,(H2,29,35)(H,31,33)(H,32,34)(H,36,37)/t23-,24-/m0/s1. The van der Waals surface area contributed by atoms with Crippen LogP contribution in [0.15, 0.2) is 0 Å². The summed E-state index contributed by atoms with van der Waals surface area (Å²) in [6.07, 6.45) is 18.3. The first-order chi connectivity index (χ1) is 17.8. The maximum atomic E-state index is 12.2. The van der Waals surface area contributed by atoms with Crippen molar-refractivity contribution in [3.05, 3.63) is 0 Å². The Bertz CT molecular complexity index is 630. The third kappa shape index (κ3) is 21.6. The topological polar surface area (TPSA) is 151 Å². The number of hydrogen-bond donors (Lipinski definition) is 5. The highest BCUT2D eigenvalue weighted by molar-refractivity contribution is 5.84. The quantitative estimate of drug-likeness (QED) is 0.107. The highest BCUT2D eigenvalue weighted by Gasteiger charge is 2.20. The van der Waals surface area contributed by atoms with Crippen LogP contribution in [0.4, 0.5) is 0 Å². The highest BCUT2D eigenvalue weighted by Crippen LogP contribution is 2.13. The molecule has 0 unspecified atom stereocenters. The molecule has 0 aliphatic rings. The van der Waals surface area contributed by atoms with Crippen LogP contribution in [0.25, 0.3) is 0 Å². The van der Waals surface area contributed by atoms with Gasteiger partial charge in [0.05, 0.1) is 6.04 Å². The van der Waals surface area contributed by atoms with Crippen LogP contribution in [-0.2, 0) is 19.2 Å². The molecule has 0 saturated carbocycles. The number of carbonyl (C=O) groups excluding carboxylic acids is 3. The minimum Gasteiger partial charge on any atom is -0.480 e. The number of amides is 3. The Morgan fingerprint density at radius 1 is 0.676 bits per heavy atom. The molecule has 0 saturated heterocycles. The van der Waals surface area contributed by atoms with Gasteiger partial charge >= 0.3 is 5.97 Å². The average Bonchev–Trinajstić information content (AvgIpc) is 2.86. The van der Waals surface area contributed by atoms with Gasteiger partial charge < -0.3 is 26.8 Å². The molecule has 9 nitrogen and oxygen atoms in total. The summed E-state index contributed by atoms with van der Waals surface area (Å²) in [5.74, 6) is -2.06. The molecule has 3 amide bonds. The van der Waals surface area contributed by atoms with E-state index in [9.17, 15) is 24.3 Å². The van der Waals surface area contributed by atoms with Gasteiger partial charge in [0.1, 0.15) is 6.04 Å². The van der Waals surface area contributed by atoms with Gasteiger partial charge in [-0.3, -0.25) is 14.4 Å². The second kappa shape index (κ2) is 24.2. The van der Waals surface area contributed by atoms with Crippen molar-refractivity contribution >= 4 is 23.7 Å². The highest BCUT2D eigenvalue weighted by atomic mass is 16.4. The Balaban J connectivity index is 3.82. The van der Waals surface area contributed by atoms with Gasteiger partial charge in [0, 0.05) is 19.4 Å². The smallest absolute Gasteiger partial charge is 0.326 e. The van der Waals surface area contributed by atoms with Gasteiger partial charge in [0.15, 0.2) is 0 Å². The number of nitrogens with two attached hydrogens (primary N) is 1. The first-order valence-corrected chi connectivity index (χ1v) is 14.6. The van der Waals surface area contributed by atoms with Crippen molar-refractivity contribution in [2.24, 2.45) is 5.73 Å². The number of carbonyl (C=O) groups is 4. The van der Waals surface area contributed by atoms with Crippen LogP contribution in [0.1, 0.15) is 129 Å². The molecule has 216 valence electrons. The number of primary amides is 1. The van der Waals surface area contributed by atoms with Crippen molar-refractivity contribution in [1.29, 1.82) is 0 Å². The zero-order chi connectivity index (χ0) is 27.7. The molecule has 9 heteroatoms. The second-order valence-electron chi connectivity index (χ2n) is 10.1. The van der Waals surface area contributed by atoms with E-state index in [-0.39, 0.29) is 30.7 Å². The Morgan fingerprint density at radius 2 is 1.22 bits per heavy atom. The van der Waals surface area contributed by atoms with E-state index < -0.39 is 17.9 Å². The van der Waals surface area contributed by atoms with Crippen LogP contribution in [0.3, 0.4) is 0 Å². The number of nitrogens with one attached hydrogen (secondary N) is 3. The van der Waals surface area contributed by atoms with Crippen LogP contribution >= 0.6 is 0 Å². The Hall–Kier alpha value is -2.16. The SMILES string of the molecule is CCCCCCCCCCCCCCCC(=O)N[C@@H](CCC(=O)NCCCC[C@H](NC)C(N)=O)C(=O)O. The van der Waals surface area contributed by atoms with E-state index in [0.29, 0.717) is 25.8 Å². The van der Waals surface area contributed by atoms with Gasteiger partial charge in [-0.05, 0) is 39.2 Å². The molecular weight excluding hydrogens is 472 g/mol. The number of carboxylic acid groups (broad SMARTS) is 1. The first-order valence-electron chi connectivity index (χ1n) is 14.6. The van der Waals surface area contributed by atoms with Crippen LogP contribution < -0.4 is 21.7 Å². The number of likely N-dealkylation sites (N-methyl/N-ethyl adjacent to an activating group) is 1. The molecule has 0 radical (unpaired) electrons. The van der Waals surface area contributed by atoms with Gasteiger partial charge in [0.25, 0.3) is 0 Å². The third-order valence-corrected chi connectivity index (χ3v) is 6.73. The minimum atomic E-state index is -1.13. The van der Waals surface area contributed by atoms with Crippen LogP contribution in [0, 0.1) is 0 Å². The first kappa shape index (κ1) is 34.8. The van der Waals surface area contributed by atoms with E-state index >= 15 is 0 Å². The molecule has 0 aromatic rings. The maximum absolute atomic E-state index is 12.2. The van der Waals surface area contributed by atoms with E-state index in [1.165, 1.54) is 64.2 Å². The Morgan fingerprint density at radius 3 is 1.70 bits per heavy atom. The van der Waals surface area contributed by atoms with E-state index in [2.05, 4.69) is 22.9 Å². The summed E-state index contributed by atoms with van der Waals surface area (Å²) in [6.45, 7) is 2.68. The van der Waals surface area contributed by atoms with E-state index in [1.54, 1.807) is 7.05 Å². The van der Waals surface area contributed by atoms with Crippen LogP contribution in [0.2, 0.25) is 0 Å². The summed E-state index contributed by atoms with van der Waals surface area (Å²) in [7, 11) is 1.67. The zero-order valence-electron chi connectivity index (χ0n) is 23.5. The van der Waals surface area contributed by atoms with Gasteiger partial charge in [-0.15, -0.1) is 0 Å². The van der Waals surface area contributed by atoms with Gasteiger partial charge in [-0.25, -0.2) is 4.79 Å². The third-order valence-electron chi connectivity index (χ3n) is 6.73. The lowest BCUT2D eigenvalue weighted by Gasteiger charge is -2.15. The molecule has 0 aliphatic carbocycles. The van der Waals surface area contributed by atoms with E-state index in [4.69, 9.17) is 5.73 Å². The number of aliphatic carboxylic acids is 1. The van der Waals surface area contributed by atoms with Crippen molar-refractivity contribution in [3.63, 3.8) is 0 Å². The molecule has 0 aromatic heterocycles. The number of hydrogen-bond acceptors (Lipinski definition) is 5. The second-order valence-corrected chi connectivity index (χ2v) is 10.1. The molecule has 0 spiro atoms. The molecule has 0 heterocycles. The van der Waals surface area contributed by atoms with Gasteiger partial charge in [0.2, 0.25) is 17.7 Å². The summed E-state index contributed by atoms with van der Waals surface area (Å²) in [5.41, 5.74) is 5.27. The minimum absolute atomic E-state index is 0.0242.